The number of aliphatic carboxylic acids is 1. The zero-order valence-electron chi connectivity index (χ0n) is 19.2. The summed E-state index contributed by atoms with van der Waals surface area (Å²) in [5, 5.41) is 12.6. The highest BCUT2D eigenvalue weighted by atomic mass is 35.5. The minimum absolute atomic E-state index is 0.106. The number of carboxylic acids is 1. The van der Waals surface area contributed by atoms with E-state index in [1.807, 2.05) is 35.2 Å². The highest BCUT2D eigenvalue weighted by molar-refractivity contribution is 7.92. The lowest BCUT2D eigenvalue weighted by molar-refractivity contribution is -0.135. The number of carbonyl (C=O) groups excluding carboxylic acids is 1. The van der Waals surface area contributed by atoms with Crippen LogP contribution in [0.5, 0.6) is 0 Å². The van der Waals surface area contributed by atoms with E-state index in [2.05, 4.69) is 5.32 Å². The maximum absolute atomic E-state index is 13.4. The lowest BCUT2D eigenvalue weighted by Gasteiger charge is -2.24. The lowest BCUT2D eigenvalue weighted by atomic mass is 10.00. The van der Waals surface area contributed by atoms with Gasteiger partial charge in [0.1, 0.15) is 6.54 Å². The van der Waals surface area contributed by atoms with Crippen molar-refractivity contribution >= 4 is 56.5 Å². The molecule has 0 saturated carbocycles. The molecule has 0 fully saturated rings. The van der Waals surface area contributed by atoms with Crippen LogP contribution in [0.4, 0.5) is 11.4 Å². The minimum Gasteiger partial charge on any atom is -0.480 e. The summed E-state index contributed by atoms with van der Waals surface area (Å²) in [5.41, 5.74) is 2.49. The molecule has 11 heteroatoms. The number of nitrogens with one attached hydrogen (secondary N) is 1. The van der Waals surface area contributed by atoms with Crippen LogP contribution in [0.2, 0.25) is 10.0 Å². The molecule has 2 N–H and O–H groups in total. The molecule has 0 aromatic heterocycles. The number of rotatable bonds is 8. The Kier molecular flexibility index (Phi) is 7.44. The molecule has 3 aromatic carbocycles. The molecule has 3 aromatic rings. The smallest absolute Gasteiger partial charge is 0.324 e. The molecule has 0 bridgehead atoms. The van der Waals surface area contributed by atoms with Gasteiger partial charge in [-0.05, 0) is 41.5 Å². The summed E-state index contributed by atoms with van der Waals surface area (Å²) in [4.78, 5) is 26.2. The monoisotopic (exact) mass is 547 g/mol. The van der Waals surface area contributed by atoms with Crippen LogP contribution in [-0.4, -0.2) is 45.5 Å². The van der Waals surface area contributed by atoms with E-state index in [1.165, 1.54) is 24.3 Å². The van der Waals surface area contributed by atoms with Gasteiger partial charge in [0.15, 0.2) is 0 Å². The van der Waals surface area contributed by atoms with Crippen molar-refractivity contribution in [2.45, 2.75) is 17.4 Å². The zero-order valence-corrected chi connectivity index (χ0v) is 21.5. The first kappa shape index (κ1) is 25.8. The quantitative estimate of drug-likeness (QED) is 0.439. The van der Waals surface area contributed by atoms with Crippen LogP contribution in [0.25, 0.3) is 0 Å². The number of hydrogen-bond donors (Lipinski definition) is 2. The van der Waals surface area contributed by atoms with Crippen molar-refractivity contribution in [1.29, 1.82) is 0 Å². The SMILES string of the molecule is CN1CC(C(=O)NCc2ccccc2)c2ccc(N(CC(=O)O)S(=O)(=O)c3cc(Cl)cc(Cl)c3)cc21. The number of amides is 1. The average Bonchev–Trinajstić information content (AvgIpc) is 3.16. The van der Waals surface area contributed by atoms with Crippen molar-refractivity contribution in [3.05, 3.63) is 87.9 Å². The van der Waals surface area contributed by atoms with Gasteiger partial charge in [0.25, 0.3) is 10.0 Å². The van der Waals surface area contributed by atoms with Crippen LogP contribution in [0.15, 0.2) is 71.6 Å². The average molecular weight is 548 g/mol. The van der Waals surface area contributed by atoms with E-state index in [9.17, 15) is 23.1 Å². The summed E-state index contributed by atoms with van der Waals surface area (Å²) in [6, 6.07) is 18.1. The Bertz CT molecular complexity index is 1400. The first-order valence-electron chi connectivity index (χ1n) is 10.9. The Morgan fingerprint density at radius 3 is 2.36 bits per heavy atom. The van der Waals surface area contributed by atoms with Crippen molar-refractivity contribution in [2.75, 3.05) is 29.3 Å². The molecule has 4 rings (SSSR count). The molecule has 8 nitrogen and oxygen atoms in total. The van der Waals surface area contributed by atoms with Gasteiger partial charge in [0, 0.05) is 35.9 Å². The number of hydrogen-bond acceptors (Lipinski definition) is 5. The fourth-order valence-corrected chi connectivity index (χ4v) is 6.29. The molecule has 0 aliphatic carbocycles. The number of carboxylic acid groups (broad SMARTS) is 1. The number of benzene rings is 3. The number of fused-ring (bicyclic) bond motifs is 1. The zero-order chi connectivity index (χ0) is 26.0. The van der Waals surface area contributed by atoms with Gasteiger partial charge in [0.2, 0.25) is 5.91 Å². The Hall–Kier alpha value is -3.27. The molecule has 36 heavy (non-hydrogen) atoms. The summed E-state index contributed by atoms with van der Waals surface area (Å²) in [6.45, 7) is -0.0227. The van der Waals surface area contributed by atoms with E-state index < -0.39 is 28.5 Å². The largest absolute Gasteiger partial charge is 0.480 e. The highest BCUT2D eigenvalue weighted by Crippen LogP contribution is 2.39. The molecular formula is C25H23Cl2N3O5S. The van der Waals surface area contributed by atoms with Crippen LogP contribution in [0, 0.1) is 0 Å². The van der Waals surface area contributed by atoms with Crippen LogP contribution < -0.4 is 14.5 Å². The molecule has 0 saturated heterocycles. The fourth-order valence-electron chi connectivity index (χ4n) is 4.16. The third-order valence-corrected chi connectivity index (χ3v) is 8.06. The molecule has 1 heterocycles. The molecule has 1 aliphatic rings. The minimum atomic E-state index is -4.31. The van der Waals surface area contributed by atoms with E-state index in [0.717, 1.165) is 15.4 Å². The van der Waals surface area contributed by atoms with Crippen molar-refractivity contribution < 1.29 is 23.1 Å². The van der Waals surface area contributed by atoms with Gasteiger partial charge < -0.3 is 15.3 Å². The van der Waals surface area contributed by atoms with E-state index >= 15 is 0 Å². The molecular weight excluding hydrogens is 525 g/mol. The van der Waals surface area contributed by atoms with Crippen LogP contribution >= 0.6 is 23.2 Å². The predicted molar refractivity (Wildman–Crippen MR) is 139 cm³/mol. The van der Waals surface area contributed by atoms with Gasteiger partial charge >= 0.3 is 5.97 Å². The van der Waals surface area contributed by atoms with Gasteiger partial charge in [-0.1, -0.05) is 59.6 Å². The predicted octanol–water partition coefficient (Wildman–Crippen LogP) is 4.12. The Morgan fingerprint density at radius 1 is 1.06 bits per heavy atom. The summed E-state index contributed by atoms with van der Waals surface area (Å²) in [6.07, 6.45) is 0. The number of likely N-dealkylation sites (N-methyl/N-ethyl adjacent to an activating group) is 1. The fraction of sp³-hybridized carbons (Fsp3) is 0.200. The molecule has 0 radical (unpaired) electrons. The summed E-state index contributed by atoms with van der Waals surface area (Å²) in [5.74, 6) is -1.95. The normalized spacial score (nSPS) is 14.9. The van der Waals surface area contributed by atoms with Gasteiger partial charge in [-0.3, -0.25) is 13.9 Å². The van der Waals surface area contributed by atoms with E-state index in [0.29, 0.717) is 18.8 Å². The third-order valence-electron chi connectivity index (χ3n) is 5.87. The topological polar surface area (TPSA) is 107 Å². The third kappa shape index (κ3) is 5.43. The number of halogens is 2. The molecule has 0 spiro atoms. The first-order chi connectivity index (χ1) is 17.1. The van der Waals surface area contributed by atoms with Gasteiger partial charge in [0.05, 0.1) is 16.5 Å². The maximum Gasteiger partial charge on any atom is 0.324 e. The Morgan fingerprint density at radius 2 is 1.72 bits per heavy atom. The summed E-state index contributed by atoms with van der Waals surface area (Å²) >= 11 is 12.0. The molecule has 1 amide bonds. The van der Waals surface area contributed by atoms with Crippen LogP contribution in [0.1, 0.15) is 17.0 Å². The molecule has 1 aliphatic heterocycles. The Balaban J connectivity index is 1.64. The van der Waals surface area contributed by atoms with E-state index in [-0.39, 0.29) is 26.5 Å². The number of nitrogens with zero attached hydrogens (tertiary/aromatic N) is 2. The lowest BCUT2D eigenvalue weighted by Crippen LogP contribution is -2.35. The number of anilines is 2. The van der Waals surface area contributed by atoms with Gasteiger partial charge in [-0.15, -0.1) is 0 Å². The number of sulfonamides is 1. The van der Waals surface area contributed by atoms with Crippen LogP contribution in [-0.2, 0) is 26.2 Å². The molecule has 188 valence electrons. The second kappa shape index (κ2) is 10.4. The first-order valence-corrected chi connectivity index (χ1v) is 13.1. The standard InChI is InChI=1S/C25H23Cl2N3O5S/c1-29-14-22(25(33)28-13-16-5-3-2-4-6-16)21-8-7-19(12-23(21)29)30(15-24(31)32)36(34,35)20-10-17(26)9-18(27)11-20/h2-12,22H,13-15H2,1H3,(H,28,33)(H,31,32). The summed E-state index contributed by atoms with van der Waals surface area (Å²) < 4.78 is 27.6. The van der Waals surface area contributed by atoms with Crippen molar-refractivity contribution in [3.63, 3.8) is 0 Å². The van der Waals surface area contributed by atoms with Gasteiger partial charge in [-0.25, -0.2) is 8.42 Å². The summed E-state index contributed by atoms with van der Waals surface area (Å²) in [7, 11) is -2.52. The Labute approximate surface area is 219 Å². The second-order valence-electron chi connectivity index (χ2n) is 8.39. The van der Waals surface area contributed by atoms with Crippen LogP contribution in [0.3, 0.4) is 0 Å². The van der Waals surface area contributed by atoms with E-state index in [1.54, 1.807) is 19.2 Å². The number of carbonyl (C=O) groups is 2. The van der Waals surface area contributed by atoms with Crippen molar-refractivity contribution in [2.24, 2.45) is 0 Å². The molecule has 1 atom stereocenters. The second-order valence-corrected chi connectivity index (χ2v) is 11.1. The van der Waals surface area contributed by atoms with Crippen molar-refractivity contribution in [1.82, 2.24) is 5.32 Å². The highest BCUT2D eigenvalue weighted by Gasteiger charge is 2.34. The van der Waals surface area contributed by atoms with Crippen molar-refractivity contribution in [3.8, 4) is 0 Å². The molecule has 1 unspecified atom stereocenters. The van der Waals surface area contributed by atoms with E-state index in [4.69, 9.17) is 23.2 Å². The maximum atomic E-state index is 13.4. The van der Waals surface area contributed by atoms with Gasteiger partial charge in [-0.2, -0.15) is 0 Å².